The van der Waals surface area contributed by atoms with Gasteiger partial charge in [-0.05, 0) is 17.0 Å². The topological polar surface area (TPSA) is 85.1 Å². The van der Waals surface area contributed by atoms with Gasteiger partial charge in [-0.1, -0.05) is 38.1 Å². The zero-order chi connectivity index (χ0) is 15.2. The Kier molecular flexibility index (Phi) is 4.94. The minimum Gasteiger partial charge on any atom is -0.490 e. The quantitative estimate of drug-likeness (QED) is 0.559. The lowest BCUT2D eigenvalue weighted by molar-refractivity contribution is 0.414. The average Bonchev–Trinajstić information content (AvgIpc) is 2.52. The summed E-state index contributed by atoms with van der Waals surface area (Å²) in [6.07, 6.45) is 1.43. The Morgan fingerprint density at radius 2 is 1.81 bits per heavy atom. The van der Waals surface area contributed by atoms with Gasteiger partial charge in [0.05, 0.1) is 7.11 Å². The molecule has 0 radical (unpaired) electrons. The molecule has 0 fully saturated rings. The van der Waals surface area contributed by atoms with E-state index in [9.17, 15) is 0 Å². The van der Waals surface area contributed by atoms with Crippen molar-refractivity contribution in [3.8, 4) is 5.75 Å². The Hall–Kier alpha value is -2.34. The van der Waals surface area contributed by atoms with Crippen LogP contribution in [-0.2, 0) is 6.54 Å². The molecule has 1 aromatic carbocycles. The summed E-state index contributed by atoms with van der Waals surface area (Å²) in [7, 11) is 1.56. The number of hydrogen-bond acceptors (Lipinski definition) is 6. The molecule has 0 bridgehead atoms. The third-order valence-electron chi connectivity index (χ3n) is 3.25. The van der Waals surface area contributed by atoms with E-state index in [0.717, 1.165) is 0 Å². The number of hydrazine groups is 1. The second-order valence-electron chi connectivity index (χ2n) is 5.00. The summed E-state index contributed by atoms with van der Waals surface area (Å²) in [6.45, 7) is 5.01. The van der Waals surface area contributed by atoms with Crippen molar-refractivity contribution in [2.24, 2.45) is 5.84 Å². The van der Waals surface area contributed by atoms with Gasteiger partial charge in [-0.25, -0.2) is 15.8 Å². The summed E-state index contributed by atoms with van der Waals surface area (Å²) in [5, 5.41) is 3.23. The first-order valence-corrected chi connectivity index (χ1v) is 6.84. The molecule has 0 aliphatic heterocycles. The molecular weight excluding hydrogens is 266 g/mol. The predicted molar refractivity (Wildman–Crippen MR) is 84.3 cm³/mol. The van der Waals surface area contributed by atoms with Gasteiger partial charge in [-0.3, -0.25) is 0 Å². The summed E-state index contributed by atoms with van der Waals surface area (Å²) in [5.74, 6) is 7.49. The maximum Gasteiger partial charge on any atom is 0.205 e. The standard InChI is InChI=1S/C15H21N5O/c1-10(2)12-6-4-11(5-7-12)8-17-14-13(21-3)15(20-16)19-9-18-14/h4-7,9-10H,8,16H2,1-3H3,(H2,17,18,19,20). The Morgan fingerprint density at radius 1 is 1.14 bits per heavy atom. The van der Waals surface area contributed by atoms with Gasteiger partial charge in [0.2, 0.25) is 5.75 Å². The van der Waals surface area contributed by atoms with Crippen molar-refractivity contribution in [1.82, 2.24) is 9.97 Å². The molecule has 1 heterocycles. The number of nitrogens with one attached hydrogen (secondary N) is 2. The Bertz CT molecular complexity index is 583. The van der Waals surface area contributed by atoms with Crippen molar-refractivity contribution in [3.63, 3.8) is 0 Å². The van der Waals surface area contributed by atoms with Crippen LogP contribution < -0.4 is 21.3 Å². The fraction of sp³-hybridized carbons (Fsp3) is 0.333. The van der Waals surface area contributed by atoms with Crippen molar-refractivity contribution in [3.05, 3.63) is 41.7 Å². The Morgan fingerprint density at radius 3 is 2.38 bits per heavy atom. The molecule has 2 aromatic rings. The van der Waals surface area contributed by atoms with Crippen LogP contribution in [0, 0.1) is 0 Å². The lowest BCUT2D eigenvalue weighted by Crippen LogP contribution is -2.12. The molecule has 4 N–H and O–H groups in total. The van der Waals surface area contributed by atoms with Crippen LogP contribution in [0.4, 0.5) is 11.6 Å². The van der Waals surface area contributed by atoms with Crippen molar-refractivity contribution in [2.45, 2.75) is 26.3 Å². The number of nitrogens with two attached hydrogens (primary N) is 1. The molecule has 21 heavy (non-hydrogen) atoms. The number of anilines is 2. The summed E-state index contributed by atoms with van der Waals surface area (Å²) in [6, 6.07) is 8.51. The SMILES string of the molecule is COc1c(NN)ncnc1NCc1ccc(C(C)C)cc1. The van der Waals surface area contributed by atoms with Crippen LogP contribution in [0.2, 0.25) is 0 Å². The van der Waals surface area contributed by atoms with Gasteiger partial charge in [0.15, 0.2) is 11.6 Å². The normalized spacial score (nSPS) is 10.5. The van der Waals surface area contributed by atoms with Crippen LogP contribution in [0.5, 0.6) is 5.75 Å². The second-order valence-corrected chi connectivity index (χ2v) is 5.00. The highest BCUT2D eigenvalue weighted by molar-refractivity contribution is 5.63. The van der Waals surface area contributed by atoms with Gasteiger partial charge in [0.1, 0.15) is 6.33 Å². The van der Waals surface area contributed by atoms with E-state index in [-0.39, 0.29) is 0 Å². The number of rotatable bonds is 6. The van der Waals surface area contributed by atoms with Crippen molar-refractivity contribution in [1.29, 1.82) is 0 Å². The number of nitrogen functional groups attached to an aromatic ring is 1. The van der Waals surface area contributed by atoms with E-state index in [1.807, 2.05) is 0 Å². The van der Waals surface area contributed by atoms with E-state index >= 15 is 0 Å². The molecule has 0 unspecified atom stereocenters. The molecule has 6 heteroatoms. The van der Waals surface area contributed by atoms with E-state index in [4.69, 9.17) is 10.6 Å². The molecule has 1 aromatic heterocycles. The zero-order valence-electron chi connectivity index (χ0n) is 12.6. The Labute approximate surface area is 124 Å². The van der Waals surface area contributed by atoms with Gasteiger partial charge >= 0.3 is 0 Å². The molecule has 0 saturated carbocycles. The molecule has 0 spiro atoms. The van der Waals surface area contributed by atoms with Gasteiger partial charge in [0, 0.05) is 6.54 Å². The molecular formula is C15H21N5O. The van der Waals surface area contributed by atoms with E-state index in [2.05, 4.69) is 58.8 Å². The predicted octanol–water partition coefficient (Wildman–Crippen LogP) is 2.51. The van der Waals surface area contributed by atoms with Crippen LogP contribution in [0.15, 0.2) is 30.6 Å². The van der Waals surface area contributed by atoms with Crippen LogP contribution >= 0.6 is 0 Å². The molecule has 0 aliphatic carbocycles. The maximum absolute atomic E-state index is 5.40. The number of aromatic nitrogens is 2. The average molecular weight is 287 g/mol. The number of nitrogens with zero attached hydrogens (tertiary/aromatic N) is 2. The van der Waals surface area contributed by atoms with E-state index in [1.165, 1.54) is 17.5 Å². The first-order chi connectivity index (χ1) is 10.2. The van der Waals surface area contributed by atoms with Crippen molar-refractivity contribution >= 4 is 11.6 Å². The van der Waals surface area contributed by atoms with Crippen LogP contribution in [0.1, 0.15) is 30.9 Å². The van der Waals surface area contributed by atoms with Gasteiger partial charge < -0.3 is 15.5 Å². The summed E-state index contributed by atoms with van der Waals surface area (Å²) in [5.41, 5.74) is 4.98. The molecule has 6 nitrogen and oxygen atoms in total. The van der Waals surface area contributed by atoms with Crippen molar-refractivity contribution in [2.75, 3.05) is 17.9 Å². The van der Waals surface area contributed by atoms with E-state index in [0.29, 0.717) is 29.8 Å². The molecule has 2 rings (SSSR count). The first-order valence-electron chi connectivity index (χ1n) is 6.84. The summed E-state index contributed by atoms with van der Waals surface area (Å²) in [4.78, 5) is 8.18. The highest BCUT2D eigenvalue weighted by Crippen LogP contribution is 2.28. The third kappa shape index (κ3) is 3.61. The zero-order valence-corrected chi connectivity index (χ0v) is 12.6. The smallest absolute Gasteiger partial charge is 0.205 e. The highest BCUT2D eigenvalue weighted by Gasteiger charge is 2.10. The molecule has 0 amide bonds. The highest BCUT2D eigenvalue weighted by atomic mass is 16.5. The summed E-state index contributed by atoms with van der Waals surface area (Å²) < 4.78 is 5.28. The van der Waals surface area contributed by atoms with Gasteiger partial charge in [0.25, 0.3) is 0 Å². The molecule has 0 atom stereocenters. The second kappa shape index (κ2) is 6.90. The third-order valence-corrected chi connectivity index (χ3v) is 3.25. The molecule has 0 saturated heterocycles. The fourth-order valence-electron chi connectivity index (χ4n) is 2.00. The van der Waals surface area contributed by atoms with E-state index in [1.54, 1.807) is 7.11 Å². The van der Waals surface area contributed by atoms with Gasteiger partial charge in [-0.15, -0.1) is 0 Å². The van der Waals surface area contributed by atoms with E-state index < -0.39 is 0 Å². The minimum absolute atomic E-state index is 0.449. The minimum atomic E-state index is 0.449. The largest absolute Gasteiger partial charge is 0.490 e. The van der Waals surface area contributed by atoms with Crippen molar-refractivity contribution < 1.29 is 4.74 Å². The number of hydrogen-bond donors (Lipinski definition) is 3. The van der Waals surface area contributed by atoms with Crippen LogP contribution in [-0.4, -0.2) is 17.1 Å². The number of ether oxygens (including phenoxy) is 1. The lowest BCUT2D eigenvalue weighted by atomic mass is 10.0. The molecule has 112 valence electrons. The monoisotopic (exact) mass is 287 g/mol. The summed E-state index contributed by atoms with van der Waals surface area (Å²) >= 11 is 0. The Balaban J connectivity index is 2.09. The first kappa shape index (κ1) is 15.1. The van der Waals surface area contributed by atoms with Crippen LogP contribution in [0.25, 0.3) is 0 Å². The fourth-order valence-corrected chi connectivity index (χ4v) is 2.00. The molecule has 0 aliphatic rings. The van der Waals surface area contributed by atoms with Gasteiger partial charge in [-0.2, -0.15) is 0 Å². The number of benzene rings is 1. The lowest BCUT2D eigenvalue weighted by Gasteiger charge is -2.13. The maximum atomic E-state index is 5.40. The van der Waals surface area contributed by atoms with Crippen LogP contribution in [0.3, 0.4) is 0 Å². The number of methoxy groups -OCH3 is 1.